The first-order valence-corrected chi connectivity index (χ1v) is 9.33. The number of hydrogen-bond acceptors (Lipinski definition) is 2. The number of hydrogen-bond donors (Lipinski definition) is 1. The fraction of sp³-hybridized carbons (Fsp3) is 0.278. The fourth-order valence-corrected chi connectivity index (χ4v) is 3.67. The second-order valence-corrected chi connectivity index (χ2v) is 7.45. The van der Waals surface area contributed by atoms with Gasteiger partial charge in [-0.1, -0.05) is 28.1 Å². The van der Waals surface area contributed by atoms with E-state index in [2.05, 4.69) is 37.2 Å². The maximum Gasteiger partial charge on any atom is 0.322 e. The molecule has 0 radical (unpaired) electrons. The number of ether oxygens (including phenoxy) is 1. The predicted molar refractivity (Wildman–Crippen MR) is 103 cm³/mol. The van der Waals surface area contributed by atoms with Gasteiger partial charge >= 0.3 is 6.03 Å². The van der Waals surface area contributed by atoms with Crippen LogP contribution in [0.4, 0.5) is 10.5 Å². The van der Waals surface area contributed by atoms with Gasteiger partial charge in [0.25, 0.3) is 0 Å². The lowest BCUT2D eigenvalue weighted by Gasteiger charge is -2.25. The third-order valence-electron chi connectivity index (χ3n) is 4.18. The molecule has 1 saturated heterocycles. The molecule has 1 aliphatic rings. The lowest BCUT2D eigenvalue weighted by atomic mass is 10.0. The highest BCUT2D eigenvalue weighted by Gasteiger charge is 2.30. The summed E-state index contributed by atoms with van der Waals surface area (Å²) in [6.45, 7) is 0.758. The molecule has 126 valence electrons. The molecule has 1 unspecified atom stereocenters. The summed E-state index contributed by atoms with van der Waals surface area (Å²) in [4.78, 5) is 14.6. The standard InChI is InChI=1S/C18H18Br2N2O2/c1-24-14-7-4-12(5-8-14)17-3-2-10-22(17)18(23)21-16-11-13(19)6-9-15(16)20/h4-9,11,17H,2-3,10H2,1H3,(H,21,23). The number of rotatable bonds is 3. The number of carbonyl (C=O) groups is 1. The first-order valence-electron chi connectivity index (χ1n) is 7.75. The van der Waals surface area contributed by atoms with E-state index in [9.17, 15) is 4.79 Å². The van der Waals surface area contributed by atoms with Crippen LogP contribution in [0.3, 0.4) is 0 Å². The Labute approximate surface area is 158 Å². The summed E-state index contributed by atoms with van der Waals surface area (Å²) in [6, 6.07) is 13.7. The van der Waals surface area contributed by atoms with E-state index in [-0.39, 0.29) is 12.1 Å². The van der Waals surface area contributed by atoms with Crippen molar-refractivity contribution >= 4 is 43.6 Å². The zero-order valence-corrected chi connectivity index (χ0v) is 16.4. The Morgan fingerprint density at radius 2 is 1.96 bits per heavy atom. The highest BCUT2D eigenvalue weighted by atomic mass is 79.9. The van der Waals surface area contributed by atoms with Gasteiger partial charge in [0.15, 0.2) is 0 Å². The molecular formula is C18H18Br2N2O2. The van der Waals surface area contributed by atoms with Crippen molar-refractivity contribution in [3.05, 3.63) is 57.0 Å². The first kappa shape index (κ1) is 17.3. The molecule has 0 aromatic heterocycles. The molecule has 3 rings (SSSR count). The molecule has 0 saturated carbocycles. The Morgan fingerprint density at radius 1 is 1.21 bits per heavy atom. The summed E-state index contributed by atoms with van der Waals surface area (Å²) >= 11 is 6.91. The molecule has 2 aromatic rings. The number of halogens is 2. The Kier molecular flexibility index (Phi) is 5.46. The first-order chi connectivity index (χ1) is 11.6. The molecule has 0 bridgehead atoms. The van der Waals surface area contributed by atoms with Crippen molar-refractivity contribution in [1.29, 1.82) is 0 Å². The van der Waals surface area contributed by atoms with E-state index in [0.717, 1.165) is 45.3 Å². The highest BCUT2D eigenvalue weighted by Crippen LogP contribution is 2.34. The number of methoxy groups -OCH3 is 1. The molecule has 1 aliphatic heterocycles. The maximum absolute atomic E-state index is 12.7. The van der Waals surface area contributed by atoms with Crippen LogP contribution in [0.15, 0.2) is 51.4 Å². The topological polar surface area (TPSA) is 41.6 Å². The SMILES string of the molecule is COc1ccc(C2CCCN2C(=O)Nc2cc(Br)ccc2Br)cc1. The molecule has 4 nitrogen and oxygen atoms in total. The molecule has 1 N–H and O–H groups in total. The summed E-state index contributed by atoms with van der Waals surface area (Å²) < 4.78 is 6.99. The van der Waals surface area contributed by atoms with Crippen molar-refractivity contribution in [2.45, 2.75) is 18.9 Å². The van der Waals surface area contributed by atoms with E-state index in [1.54, 1.807) is 7.11 Å². The second-order valence-electron chi connectivity index (χ2n) is 5.68. The Morgan fingerprint density at radius 3 is 2.67 bits per heavy atom. The largest absolute Gasteiger partial charge is 0.497 e. The van der Waals surface area contributed by atoms with E-state index < -0.39 is 0 Å². The van der Waals surface area contributed by atoms with Crippen LogP contribution in [0.5, 0.6) is 5.75 Å². The normalized spacial score (nSPS) is 17.0. The van der Waals surface area contributed by atoms with Crippen LogP contribution in [0, 0.1) is 0 Å². The molecule has 0 spiro atoms. The number of nitrogens with one attached hydrogen (secondary N) is 1. The average molecular weight is 454 g/mol. The van der Waals surface area contributed by atoms with Gasteiger partial charge in [0.1, 0.15) is 5.75 Å². The summed E-state index contributed by atoms with van der Waals surface area (Å²) in [7, 11) is 1.65. The number of carbonyl (C=O) groups excluding carboxylic acids is 1. The van der Waals surface area contributed by atoms with E-state index in [1.807, 2.05) is 47.4 Å². The minimum Gasteiger partial charge on any atom is -0.497 e. The van der Waals surface area contributed by atoms with Gasteiger partial charge in [-0.25, -0.2) is 4.79 Å². The summed E-state index contributed by atoms with van der Waals surface area (Å²) in [5, 5.41) is 3.00. The Bertz CT molecular complexity index is 734. The monoisotopic (exact) mass is 452 g/mol. The van der Waals surface area contributed by atoms with Crippen LogP contribution in [0.1, 0.15) is 24.4 Å². The van der Waals surface area contributed by atoms with Crippen LogP contribution in [-0.2, 0) is 0 Å². The van der Waals surface area contributed by atoms with Gasteiger partial charge in [-0.05, 0) is 64.7 Å². The quantitative estimate of drug-likeness (QED) is 0.658. The molecule has 0 aliphatic carbocycles. The number of anilines is 1. The third kappa shape index (κ3) is 3.75. The Balaban J connectivity index is 1.76. The van der Waals surface area contributed by atoms with Gasteiger partial charge in [-0.2, -0.15) is 0 Å². The van der Waals surface area contributed by atoms with E-state index in [0.29, 0.717) is 0 Å². The van der Waals surface area contributed by atoms with Crippen molar-refractivity contribution in [3.8, 4) is 5.75 Å². The number of urea groups is 1. The summed E-state index contributed by atoms with van der Waals surface area (Å²) in [5.74, 6) is 0.825. The minimum atomic E-state index is -0.0767. The smallest absolute Gasteiger partial charge is 0.322 e. The van der Waals surface area contributed by atoms with Gasteiger partial charge in [0, 0.05) is 15.5 Å². The van der Waals surface area contributed by atoms with E-state index >= 15 is 0 Å². The summed E-state index contributed by atoms with van der Waals surface area (Å²) in [5.41, 5.74) is 1.89. The van der Waals surface area contributed by atoms with Gasteiger partial charge in [0.05, 0.1) is 18.8 Å². The molecule has 2 aromatic carbocycles. The van der Waals surface area contributed by atoms with Crippen molar-refractivity contribution in [3.63, 3.8) is 0 Å². The zero-order chi connectivity index (χ0) is 17.1. The second kappa shape index (κ2) is 7.57. The fourth-order valence-electron chi connectivity index (χ4n) is 2.96. The average Bonchev–Trinajstić information content (AvgIpc) is 3.08. The number of likely N-dealkylation sites (tertiary alicyclic amines) is 1. The van der Waals surface area contributed by atoms with E-state index in [1.165, 1.54) is 0 Å². The molecule has 1 atom stereocenters. The Hall–Kier alpha value is -1.53. The van der Waals surface area contributed by atoms with Gasteiger partial charge in [-0.3, -0.25) is 0 Å². The highest BCUT2D eigenvalue weighted by molar-refractivity contribution is 9.11. The molecule has 24 heavy (non-hydrogen) atoms. The van der Waals surface area contributed by atoms with Crippen molar-refractivity contribution in [1.82, 2.24) is 4.90 Å². The summed E-state index contributed by atoms with van der Waals surface area (Å²) in [6.07, 6.45) is 1.98. The van der Waals surface area contributed by atoms with Crippen molar-refractivity contribution in [2.24, 2.45) is 0 Å². The van der Waals surface area contributed by atoms with Crippen molar-refractivity contribution in [2.75, 3.05) is 19.0 Å². The van der Waals surface area contributed by atoms with Crippen LogP contribution in [-0.4, -0.2) is 24.6 Å². The van der Waals surface area contributed by atoms with Crippen molar-refractivity contribution < 1.29 is 9.53 Å². The number of benzene rings is 2. The van der Waals surface area contributed by atoms with Crippen LogP contribution in [0.25, 0.3) is 0 Å². The van der Waals surface area contributed by atoms with E-state index in [4.69, 9.17) is 4.74 Å². The number of nitrogens with zero attached hydrogens (tertiary/aromatic N) is 1. The van der Waals surface area contributed by atoms with Gasteiger partial charge in [-0.15, -0.1) is 0 Å². The molecule has 1 fully saturated rings. The van der Waals surface area contributed by atoms with Crippen LogP contribution < -0.4 is 10.1 Å². The minimum absolute atomic E-state index is 0.0767. The van der Waals surface area contributed by atoms with Crippen LogP contribution >= 0.6 is 31.9 Å². The molecule has 1 heterocycles. The van der Waals surface area contributed by atoms with Gasteiger partial charge in [0.2, 0.25) is 0 Å². The predicted octanol–water partition coefficient (Wildman–Crippen LogP) is 5.59. The van der Waals surface area contributed by atoms with Crippen LogP contribution in [0.2, 0.25) is 0 Å². The third-order valence-corrected chi connectivity index (χ3v) is 5.37. The molecule has 2 amide bonds. The lowest BCUT2D eigenvalue weighted by Crippen LogP contribution is -2.34. The van der Waals surface area contributed by atoms with Gasteiger partial charge < -0.3 is 15.0 Å². The molecule has 6 heteroatoms. The number of amides is 2. The lowest BCUT2D eigenvalue weighted by molar-refractivity contribution is 0.207. The molecular weight excluding hydrogens is 436 g/mol. The maximum atomic E-state index is 12.7. The zero-order valence-electron chi connectivity index (χ0n) is 13.3.